The van der Waals surface area contributed by atoms with E-state index in [1.54, 1.807) is 12.4 Å². The lowest BCUT2D eigenvalue weighted by Crippen LogP contribution is -2.40. The normalized spacial score (nSPS) is 13.7. The summed E-state index contributed by atoms with van der Waals surface area (Å²) < 4.78 is 0. The maximum absolute atomic E-state index is 12.4. The quantitative estimate of drug-likeness (QED) is 0.915. The molecule has 0 atom stereocenters. The number of carbonyl (C=O) groups is 1. The summed E-state index contributed by atoms with van der Waals surface area (Å²) in [7, 11) is 0. The van der Waals surface area contributed by atoms with Crippen LogP contribution in [0.15, 0.2) is 54.9 Å². The Labute approximate surface area is 124 Å². The first-order valence-corrected chi connectivity index (χ1v) is 7.30. The highest BCUT2D eigenvalue weighted by atomic mass is 16.2. The number of amides is 2. The molecule has 1 heterocycles. The zero-order valence-electron chi connectivity index (χ0n) is 11.9. The predicted molar refractivity (Wildman–Crippen MR) is 81.5 cm³/mol. The average Bonchev–Trinajstić information content (AvgIpc) is 3.37. The van der Waals surface area contributed by atoms with E-state index in [4.69, 9.17) is 0 Å². The van der Waals surface area contributed by atoms with E-state index in [-0.39, 0.29) is 6.03 Å². The second-order valence-corrected chi connectivity index (χ2v) is 5.36. The van der Waals surface area contributed by atoms with Gasteiger partial charge >= 0.3 is 6.03 Å². The maximum atomic E-state index is 12.4. The van der Waals surface area contributed by atoms with Crippen LogP contribution in [-0.4, -0.2) is 22.0 Å². The topological polar surface area (TPSA) is 45.2 Å². The zero-order chi connectivity index (χ0) is 14.5. The lowest BCUT2D eigenvalue weighted by Gasteiger charge is -2.23. The fourth-order valence-corrected chi connectivity index (χ4v) is 2.31. The Balaban J connectivity index is 1.60. The molecule has 1 aliphatic carbocycles. The summed E-state index contributed by atoms with van der Waals surface area (Å²) in [5.41, 5.74) is 2.23. The van der Waals surface area contributed by atoms with Crippen molar-refractivity contribution in [1.82, 2.24) is 15.2 Å². The fourth-order valence-electron chi connectivity index (χ4n) is 2.31. The minimum atomic E-state index is 0.0122. The smallest absolute Gasteiger partial charge is 0.318 e. The van der Waals surface area contributed by atoms with Crippen molar-refractivity contribution in [2.45, 2.75) is 32.0 Å². The number of aromatic nitrogens is 1. The molecule has 1 aromatic carbocycles. The van der Waals surface area contributed by atoms with Gasteiger partial charge in [-0.1, -0.05) is 30.3 Å². The molecule has 0 aliphatic heterocycles. The molecular weight excluding hydrogens is 262 g/mol. The second kappa shape index (κ2) is 6.39. The number of benzene rings is 1. The highest BCUT2D eigenvalue weighted by Crippen LogP contribution is 2.28. The summed E-state index contributed by atoms with van der Waals surface area (Å²) in [6.45, 7) is 1.22. The Bertz CT molecular complexity index is 581. The highest BCUT2D eigenvalue weighted by Gasteiger charge is 2.32. The van der Waals surface area contributed by atoms with E-state index < -0.39 is 0 Å². The van der Waals surface area contributed by atoms with Gasteiger partial charge in [-0.05, 0) is 36.1 Å². The van der Waals surface area contributed by atoms with E-state index in [2.05, 4.69) is 10.3 Å². The first kappa shape index (κ1) is 13.6. The molecule has 0 unspecified atom stereocenters. The van der Waals surface area contributed by atoms with Crippen LogP contribution >= 0.6 is 0 Å². The third kappa shape index (κ3) is 3.81. The standard InChI is InChI=1S/C17H19N3O/c21-17(19-12-14-4-2-1-3-5-14)20(16-6-7-16)13-15-8-10-18-11-9-15/h1-5,8-11,16H,6-7,12-13H2,(H,19,21). The molecule has 3 rings (SSSR count). The molecule has 2 aromatic rings. The molecule has 2 amide bonds. The maximum Gasteiger partial charge on any atom is 0.318 e. The van der Waals surface area contributed by atoms with Crippen molar-refractivity contribution >= 4 is 6.03 Å². The van der Waals surface area contributed by atoms with Crippen LogP contribution < -0.4 is 5.32 Å². The largest absolute Gasteiger partial charge is 0.334 e. The van der Waals surface area contributed by atoms with Gasteiger partial charge in [-0.15, -0.1) is 0 Å². The first-order valence-electron chi connectivity index (χ1n) is 7.30. The molecule has 4 nitrogen and oxygen atoms in total. The summed E-state index contributed by atoms with van der Waals surface area (Å²) in [6, 6.07) is 14.3. The Hall–Kier alpha value is -2.36. The molecule has 1 aromatic heterocycles. The molecule has 108 valence electrons. The molecule has 0 saturated heterocycles. The van der Waals surface area contributed by atoms with Gasteiger partial charge in [-0.3, -0.25) is 4.98 Å². The van der Waals surface area contributed by atoms with Crippen molar-refractivity contribution in [2.24, 2.45) is 0 Å². The van der Waals surface area contributed by atoms with E-state index in [9.17, 15) is 4.79 Å². The molecule has 1 N–H and O–H groups in total. The number of hydrogen-bond donors (Lipinski definition) is 1. The van der Waals surface area contributed by atoms with Gasteiger partial charge in [0.25, 0.3) is 0 Å². The number of urea groups is 1. The molecule has 1 fully saturated rings. The van der Waals surface area contributed by atoms with Gasteiger partial charge in [-0.25, -0.2) is 4.79 Å². The zero-order valence-corrected chi connectivity index (χ0v) is 11.9. The minimum absolute atomic E-state index is 0.0122. The minimum Gasteiger partial charge on any atom is -0.334 e. The Morgan fingerprint density at radius 3 is 2.48 bits per heavy atom. The summed E-state index contributed by atoms with van der Waals surface area (Å²) in [4.78, 5) is 18.3. The van der Waals surface area contributed by atoms with E-state index in [1.807, 2.05) is 47.4 Å². The van der Waals surface area contributed by atoms with E-state index in [0.29, 0.717) is 19.1 Å². The predicted octanol–water partition coefficient (Wildman–Crippen LogP) is 2.96. The molecule has 0 spiro atoms. The van der Waals surface area contributed by atoms with Crippen molar-refractivity contribution in [3.8, 4) is 0 Å². The summed E-state index contributed by atoms with van der Waals surface area (Å²) >= 11 is 0. The van der Waals surface area contributed by atoms with Crippen LogP contribution in [0.4, 0.5) is 4.79 Å². The fraction of sp³-hybridized carbons (Fsp3) is 0.294. The van der Waals surface area contributed by atoms with Crippen LogP contribution in [0.25, 0.3) is 0 Å². The van der Waals surface area contributed by atoms with Gasteiger partial charge in [-0.2, -0.15) is 0 Å². The number of hydrogen-bond acceptors (Lipinski definition) is 2. The van der Waals surface area contributed by atoms with Crippen molar-refractivity contribution < 1.29 is 4.79 Å². The molecule has 21 heavy (non-hydrogen) atoms. The van der Waals surface area contributed by atoms with Gasteiger partial charge < -0.3 is 10.2 Å². The highest BCUT2D eigenvalue weighted by molar-refractivity contribution is 5.75. The van der Waals surface area contributed by atoms with Gasteiger partial charge in [0.1, 0.15) is 0 Å². The van der Waals surface area contributed by atoms with E-state index in [1.165, 1.54) is 0 Å². The van der Waals surface area contributed by atoms with Crippen LogP contribution in [0.2, 0.25) is 0 Å². The Kier molecular flexibility index (Phi) is 4.15. The molecule has 1 aliphatic rings. The second-order valence-electron chi connectivity index (χ2n) is 5.36. The molecular formula is C17H19N3O. The van der Waals surface area contributed by atoms with Gasteiger partial charge in [0.2, 0.25) is 0 Å². The number of rotatable bonds is 5. The van der Waals surface area contributed by atoms with Crippen molar-refractivity contribution in [3.63, 3.8) is 0 Å². The molecule has 4 heteroatoms. The lowest BCUT2D eigenvalue weighted by atomic mass is 10.2. The van der Waals surface area contributed by atoms with E-state index in [0.717, 1.165) is 24.0 Å². The third-order valence-corrected chi connectivity index (χ3v) is 3.64. The molecule has 0 radical (unpaired) electrons. The van der Waals surface area contributed by atoms with Gasteiger partial charge in [0, 0.05) is 31.5 Å². The number of nitrogens with zero attached hydrogens (tertiary/aromatic N) is 2. The monoisotopic (exact) mass is 281 g/mol. The number of pyridine rings is 1. The van der Waals surface area contributed by atoms with Crippen molar-refractivity contribution in [1.29, 1.82) is 0 Å². The molecule has 1 saturated carbocycles. The third-order valence-electron chi connectivity index (χ3n) is 3.64. The Morgan fingerprint density at radius 2 is 1.81 bits per heavy atom. The Morgan fingerprint density at radius 1 is 1.10 bits per heavy atom. The number of nitrogens with one attached hydrogen (secondary N) is 1. The van der Waals surface area contributed by atoms with Crippen molar-refractivity contribution in [3.05, 3.63) is 66.0 Å². The SMILES string of the molecule is O=C(NCc1ccccc1)N(Cc1ccncc1)C1CC1. The van der Waals surface area contributed by atoms with Crippen LogP contribution in [-0.2, 0) is 13.1 Å². The van der Waals surface area contributed by atoms with Crippen LogP contribution in [0.3, 0.4) is 0 Å². The average molecular weight is 281 g/mol. The van der Waals surface area contributed by atoms with Crippen LogP contribution in [0.1, 0.15) is 24.0 Å². The summed E-state index contributed by atoms with van der Waals surface area (Å²) in [5, 5.41) is 3.01. The lowest BCUT2D eigenvalue weighted by molar-refractivity contribution is 0.191. The summed E-state index contributed by atoms with van der Waals surface area (Å²) in [6.07, 6.45) is 5.73. The molecule has 0 bridgehead atoms. The van der Waals surface area contributed by atoms with Crippen molar-refractivity contribution in [2.75, 3.05) is 0 Å². The van der Waals surface area contributed by atoms with Crippen LogP contribution in [0, 0.1) is 0 Å². The van der Waals surface area contributed by atoms with Crippen LogP contribution in [0.5, 0.6) is 0 Å². The first-order chi connectivity index (χ1) is 10.3. The van der Waals surface area contributed by atoms with Gasteiger partial charge in [0.15, 0.2) is 0 Å². The van der Waals surface area contributed by atoms with Gasteiger partial charge in [0.05, 0.1) is 0 Å². The summed E-state index contributed by atoms with van der Waals surface area (Å²) in [5.74, 6) is 0. The number of carbonyl (C=O) groups excluding carboxylic acids is 1. The van der Waals surface area contributed by atoms with E-state index >= 15 is 0 Å².